The van der Waals surface area contributed by atoms with Crippen LogP contribution in [-0.2, 0) is 11.4 Å². The molecule has 0 aliphatic heterocycles. The SMILES string of the molecule is COc1cccc(/C=C(\C#N)C(=O)Nc2ccc(C(=O)O)cc2)c1OCc1ccc(Br)cc1. The van der Waals surface area contributed by atoms with Crippen molar-refractivity contribution < 1.29 is 24.2 Å². The summed E-state index contributed by atoms with van der Waals surface area (Å²) in [5, 5.41) is 21.1. The van der Waals surface area contributed by atoms with Crippen LogP contribution in [0.25, 0.3) is 6.08 Å². The van der Waals surface area contributed by atoms with Crippen molar-refractivity contribution in [1.82, 2.24) is 0 Å². The minimum absolute atomic E-state index is 0.0907. The van der Waals surface area contributed by atoms with Gasteiger partial charge >= 0.3 is 5.97 Å². The average molecular weight is 507 g/mol. The third kappa shape index (κ3) is 6.21. The summed E-state index contributed by atoms with van der Waals surface area (Å²) in [6.45, 7) is 0.262. The van der Waals surface area contributed by atoms with Crippen LogP contribution in [0.3, 0.4) is 0 Å². The molecule has 3 aromatic carbocycles. The van der Waals surface area contributed by atoms with Crippen LogP contribution in [0, 0.1) is 11.3 Å². The van der Waals surface area contributed by atoms with Crippen LogP contribution in [0.15, 0.2) is 76.8 Å². The van der Waals surface area contributed by atoms with Crippen LogP contribution >= 0.6 is 15.9 Å². The molecule has 33 heavy (non-hydrogen) atoms. The summed E-state index contributed by atoms with van der Waals surface area (Å²) in [7, 11) is 1.51. The summed E-state index contributed by atoms with van der Waals surface area (Å²) < 4.78 is 12.3. The Morgan fingerprint density at radius 3 is 2.39 bits per heavy atom. The van der Waals surface area contributed by atoms with Crippen LogP contribution in [0.4, 0.5) is 5.69 Å². The summed E-state index contributed by atoms with van der Waals surface area (Å²) >= 11 is 3.39. The number of benzene rings is 3. The van der Waals surface area contributed by atoms with Gasteiger partial charge in [0.25, 0.3) is 5.91 Å². The third-order valence-electron chi connectivity index (χ3n) is 4.58. The van der Waals surface area contributed by atoms with Gasteiger partial charge in [-0.2, -0.15) is 5.26 Å². The molecular weight excluding hydrogens is 488 g/mol. The molecule has 0 heterocycles. The Balaban J connectivity index is 1.84. The molecule has 0 saturated heterocycles. The molecule has 0 fully saturated rings. The van der Waals surface area contributed by atoms with E-state index in [1.165, 1.54) is 37.5 Å². The summed E-state index contributed by atoms with van der Waals surface area (Å²) in [4.78, 5) is 23.6. The van der Waals surface area contributed by atoms with Gasteiger partial charge in [0, 0.05) is 15.7 Å². The van der Waals surface area contributed by atoms with Crippen LogP contribution < -0.4 is 14.8 Å². The molecule has 0 saturated carbocycles. The number of nitrogens with one attached hydrogen (secondary N) is 1. The van der Waals surface area contributed by atoms with Crippen molar-refractivity contribution in [2.24, 2.45) is 0 Å². The lowest BCUT2D eigenvalue weighted by Gasteiger charge is -2.14. The van der Waals surface area contributed by atoms with Crippen molar-refractivity contribution in [3.8, 4) is 17.6 Å². The van der Waals surface area contributed by atoms with Gasteiger partial charge in [-0.15, -0.1) is 0 Å². The number of carboxylic acid groups (broad SMARTS) is 1. The van der Waals surface area contributed by atoms with Gasteiger partial charge in [0.2, 0.25) is 0 Å². The molecular formula is C25H19BrN2O5. The number of carbonyl (C=O) groups is 2. The van der Waals surface area contributed by atoms with E-state index in [2.05, 4.69) is 21.2 Å². The average Bonchev–Trinajstić information content (AvgIpc) is 2.82. The molecule has 0 radical (unpaired) electrons. The molecule has 0 unspecified atom stereocenters. The van der Waals surface area contributed by atoms with Crippen molar-refractivity contribution in [2.75, 3.05) is 12.4 Å². The summed E-state index contributed by atoms with van der Waals surface area (Å²) in [6, 6.07) is 20.3. The molecule has 7 nitrogen and oxygen atoms in total. The fourth-order valence-corrected chi connectivity index (χ4v) is 3.16. The minimum atomic E-state index is -1.07. The molecule has 0 spiro atoms. The number of amides is 1. The number of rotatable bonds is 8. The quantitative estimate of drug-likeness (QED) is 0.317. The first-order valence-corrected chi connectivity index (χ1v) is 10.5. The van der Waals surface area contributed by atoms with Gasteiger partial charge in [-0.25, -0.2) is 4.79 Å². The largest absolute Gasteiger partial charge is 0.493 e. The van der Waals surface area contributed by atoms with Gasteiger partial charge in [0.15, 0.2) is 11.5 Å². The van der Waals surface area contributed by atoms with Gasteiger partial charge in [-0.1, -0.05) is 40.2 Å². The van der Waals surface area contributed by atoms with Gasteiger partial charge in [0.1, 0.15) is 18.2 Å². The predicted molar refractivity (Wildman–Crippen MR) is 127 cm³/mol. The number of anilines is 1. The smallest absolute Gasteiger partial charge is 0.335 e. The molecule has 2 N–H and O–H groups in total. The highest BCUT2D eigenvalue weighted by molar-refractivity contribution is 9.10. The van der Waals surface area contributed by atoms with Crippen molar-refractivity contribution in [2.45, 2.75) is 6.61 Å². The van der Waals surface area contributed by atoms with E-state index in [1.54, 1.807) is 18.2 Å². The third-order valence-corrected chi connectivity index (χ3v) is 5.11. The minimum Gasteiger partial charge on any atom is -0.493 e. The van der Waals surface area contributed by atoms with Crippen LogP contribution in [0.2, 0.25) is 0 Å². The van der Waals surface area contributed by atoms with Crippen molar-refractivity contribution >= 4 is 39.6 Å². The van der Waals surface area contributed by atoms with Gasteiger partial charge in [-0.3, -0.25) is 4.79 Å². The second kappa shape index (κ2) is 11.0. The van der Waals surface area contributed by atoms with E-state index < -0.39 is 11.9 Å². The summed E-state index contributed by atoms with van der Waals surface area (Å²) in [6.07, 6.45) is 1.42. The molecule has 0 aliphatic rings. The molecule has 8 heteroatoms. The second-order valence-electron chi connectivity index (χ2n) is 6.80. The first kappa shape index (κ1) is 23.6. The van der Waals surface area contributed by atoms with Crippen molar-refractivity contribution in [3.63, 3.8) is 0 Å². The number of nitriles is 1. The number of para-hydroxylation sites is 1. The van der Waals surface area contributed by atoms with Crippen LogP contribution in [-0.4, -0.2) is 24.1 Å². The molecule has 166 valence electrons. The second-order valence-corrected chi connectivity index (χ2v) is 7.72. The maximum absolute atomic E-state index is 12.6. The Hall–Kier alpha value is -4.09. The zero-order valence-corrected chi connectivity index (χ0v) is 19.1. The topological polar surface area (TPSA) is 109 Å². The summed E-state index contributed by atoms with van der Waals surface area (Å²) in [5.41, 5.74) is 1.73. The standard InChI is InChI=1S/C25H19BrN2O5/c1-32-22-4-2-3-18(23(22)33-15-16-5-9-20(26)10-6-16)13-19(14-27)24(29)28-21-11-7-17(8-12-21)25(30)31/h2-13H,15H2,1H3,(H,28,29)(H,30,31)/b19-13+. The molecule has 0 bridgehead atoms. The number of carbonyl (C=O) groups excluding carboxylic acids is 1. The molecule has 3 aromatic rings. The number of nitrogens with zero attached hydrogens (tertiary/aromatic N) is 1. The number of methoxy groups -OCH3 is 1. The van der Waals surface area contributed by atoms with Gasteiger partial charge < -0.3 is 19.9 Å². The Morgan fingerprint density at radius 2 is 1.79 bits per heavy atom. The maximum atomic E-state index is 12.6. The summed E-state index contributed by atoms with van der Waals surface area (Å²) in [5.74, 6) is -0.849. The first-order valence-electron chi connectivity index (χ1n) is 9.72. The fraction of sp³-hybridized carbons (Fsp3) is 0.0800. The molecule has 0 aromatic heterocycles. The fourth-order valence-electron chi connectivity index (χ4n) is 2.90. The monoisotopic (exact) mass is 506 g/mol. The lowest BCUT2D eigenvalue weighted by atomic mass is 10.1. The maximum Gasteiger partial charge on any atom is 0.335 e. The van der Waals surface area contributed by atoms with E-state index >= 15 is 0 Å². The zero-order valence-electron chi connectivity index (χ0n) is 17.5. The highest BCUT2D eigenvalue weighted by Crippen LogP contribution is 2.33. The Labute approximate surface area is 199 Å². The van der Waals surface area contributed by atoms with Crippen molar-refractivity contribution in [1.29, 1.82) is 5.26 Å². The van der Waals surface area contributed by atoms with Crippen LogP contribution in [0.1, 0.15) is 21.5 Å². The van der Waals surface area contributed by atoms with Crippen LogP contribution in [0.5, 0.6) is 11.5 Å². The van der Waals surface area contributed by atoms with E-state index in [4.69, 9.17) is 14.6 Å². The van der Waals surface area contributed by atoms with E-state index in [0.717, 1.165) is 10.0 Å². The predicted octanol–water partition coefficient (Wildman–Crippen LogP) is 5.28. The van der Waals surface area contributed by atoms with E-state index in [0.29, 0.717) is 22.7 Å². The Bertz CT molecular complexity index is 1230. The number of halogens is 1. The lowest BCUT2D eigenvalue weighted by molar-refractivity contribution is -0.112. The first-order chi connectivity index (χ1) is 15.9. The normalized spacial score (nSPS) is 10.8. The van der Waals surface area contributed by atoms with Gasteiger partial charge in [-0.05, 0) is 54.1 Å². The molecule has 3 rings (SSSR count). The highest BCUT2D eigenvalue weighted by Gasteiger charge is 2.15. The zero-order chi connectivity index (χ0) is 23.8. The number of aromatic carboxylic acids is 1. The van der Waals surface area contributed by atoms with Gasteiger partial charge in [0.05, 0.1) is 12.7 Å². The lowest BCUT2D eigenvalue weighted by Crippen LogP contribution is -2.13. The van der Waals surface area contributed by atoms with E-state index in [1.807, 2.05) is 30.3 Å². The number of hydrogen-bond acceptors (Lipinski definition) is 5. The Morgan fingerprint density at radius 1 is 1.09 bits per heavy atom. The number of carboxylic acids is 1. The highest BCUT2D eigenvalue weighted by atomic mass is 79.9. The molecule has 1 amide bonds. The Kier molecular flexibility index (Phi) is 7.84. The van der Waals surface area contributed by atoms with E-state index in [9.17, 15) is 14.9 Å². The van der Waals surface area contributed by atoms with Crippen molar-refractivity contribution in [3.05, 3.63) is 93.5 Å². The van der Waals surface area contributed by atoms with E-state index in [-0.39, 0.29) is 17.7 Å². The molecule has 0 aliphatic carbocycles. The number of hydrogen-bond donors (Lipinski definition) is 2. The number of ether oxygens (including phenoxy) is 2. The molecule has 0 atom stereocenters.